The highest BCUT2D eigenvalue weighted by molar-refractivity contribution is 5.92. The van der Waals surface area contributed by atoms with Crippen molar-refractivity contribution in [3.63, 3.8) is 0 Å². The number of carbonyl (C=O) groups is 3. The van der Waals surface area contributed by atoms with Gasteiger partial charge < -0.3 is 15.3 Å². The van der Waals surface area contributed by atoms with E-state index in [1.54, 1.807) is 12.1 Å². The highest BCUT2D eigenvalue weighted by Gasteiger charge is 2.43. The smallest absolute Gasteiger partial charge is 0.335 e. The van der Waals surface area contributed by atoms with Crippen molar-refractivity contribution in [1.29, 1.82) is 0 Å². The summed E-state index contributed by atoms with van der Waals surface area (Å²) < 4.78 is 0. The Hall–Kier alpha value is -3.93. The normalized spacial score (nSPS) is 23.1. The number of hydrogen-bond donors (Lipinski definition) is 2. The minimum Gasteiger partial charge on any atom is -0.478 e. The zero-order valence-electron chi connectivity index (χ0n) is 24.6. The van der Waals surface area contributed by atoms with Gasteiger partial charge >= 0.3 is 5.97 Å². The second-order valence-corrected chi connectivity index (χ2v) is 12.6. The third-order valence-electron chi connectivity index (χ3n) is 9.85. The minimum atomic E-state index is -0.935. The van der Waals surface area contributed by atoms with Gasteiger partial charge in [-0.05, 0) is 102 Å². The number of aromatic carboxylic acids is 1. The number of rotatable bonds is 7. The summed E-state index contributed by atoms with van der Waals surface area (Å²) >= 11 is 0. The lowest BCUT2D eigenvalue weighted by atomic mass is 9.81. The summed E-state index contributed by atoms with van der Waals surface area (Å²) in [5, 5.41) is 12.9. The van der Waals surface area contributed by atoms with Crippen LogP contribution in [0.3, 0.4) is 0 Å². The number of amides is 2. The van der Waals surface area contributed by atoms with Gasteiger partial charge in [-0.2, -0.15) is 0 Å². The molecule has 2 N–H and O–H groups in total. The van der Waals surface area contributed by atoms with E-state index in [1.165, 1.54) is 5.56 Å². The first-order valence-corrected chi connectivity index (χ1v) is 15.4. The largest absolute Gasteiger partial charge is 0.478 e. The second-order valence-electron chi connectivity index (χ2n) is 12.6. The van der Waals surface area contributed by atoms with E-state index in [-0.39, 0.29) is 29.6 Å². The van der Waals surface area contributed by atoms with Gasteiger partial charge in [0.15, 0.2) is 0 Å². The third-order valence-corrected chi connectivity index (χ3v) is 9.85. The lowest BCUT2D eigenvalue weighted by molar-refractivity contribution is -0.137. The molecule has 0 saturated heterocycles. The molecule has 2 unspecified atom stereocenters. The molecule has 218 valence electrons. The molecular formula is C36H40N2O4. The van der Waals surface area contributed by atoms with Gasteiger partial charge in [-0.1, -0.05) is 61.5 Å². The summed E-state index contributed by atoms with van der Waals surface area (Å²) in [6.45, 7) is 5.72. The molecule has 6 heteroatoms. The molecule has 0 aromatic heterocycles. The molecule has 1 heterocycles. The van der Waals surface area contributed by atoms with E-state index in [0.717, 1.165) is 65.5 Å². The summed E-state index contributed by atoms with van der Waals surface area (Å²) in [6.07, 6.45) is 5.69. The van der Waals surface area contributed by atoms with E-state index in [1.807, 2.05) is 36.1 Å². The molecular weight excluding hydrogens is 524 g/mol. The summed E-state index contributed by atoms with van der Waals surface area (Å²) in [4.78, 5) is 40.7. The summed E-state index contributed by atoms with van der Waals surface area (Å²) in [7, 11) is 0. The summed E-state index contributed by atoms with van der Waals surface area (Å²) in [6, 6.07) is 19.8. The van der Waals surface area contributed by atoms with Gasteiger partial charge in [0.25, 0.3) is 0 Å². The van der Waals surface area contributed by atoms with Crippen LogP contribution < -0.4 is 5.32 Å². The molecule has 2 amide bonds. The van der Waals surface area contributed by atoms with Gasteiger partial charge in [-0.15, -0.1) is 0 Å². The van der Waals surface area contributed by atoms with Crippen molar-refractivity contribution in [3.8, 4) is 11.1 Å². The first-order chi connectivity index (χ1) is 20.3. The van der Waals surface area contributed by atoms with Crippen molar-refractivity contribution >= 4 is 17.8 Å². The number of carboxylic acid groups (broad SMARTS) is 1. The summed E-state index contributed by atoms with van der Waals surface area (Å²) in [5.41, 5.74) is 7.45. The molecule has 3 aromatic carbocycles. The van der Waals surface area contributed by atoms with Crippen LogP contribution in [0.15, 0.2) is 60.7 Å². The van der Waals surface area contributed by atoms with Gasteiger partial charge in [0.1, 0.15) is 0 Å². The third kappa shape index (κ3) is 5.59. The number of hydrogen-bond acceptors (Lipinski definition) is 3. The lowest BCUT2D eigenvalue weighted by Crippen LogP contribution is -2.41. The predicted molar refractivity (Wildman–Crippen MR) is 163 cm³/mol. The summed E-state index contributed by atoms with van der Waals surface area (Å²) in [5.74, 6) is 0.441. The van der Waals surface area contributed by atoms with Gasteiger partial charge in [-0.3, -0.25) is 9.59 Å². The Morgan fingerprint density at radius 3 is 2.40 bits per heavy atom. The zero-order chi connectivity index (χ0) is 29.4. The van der Waals surface area contributed by atoms with Crippen molar-refractivity contribution in [1.82, 2.24) is 10.2 Å². The quantitative estimate of drug-likeness (QED) is 0.343. The molecule has 1 aliphatic heterocycles. The molecule has 3 aromatic rings. The number of carboxylic acids is 1. The van der Waals surface area contributed by atoms with Crippen LogP contribution in [0.4, 0.5) is 0 Å². The van der Waals surface area contributed by atoms with E-state index < -0.39 is 5.97 Å². The fourth-order valence-electron chi connectivity index (χ4n) is 7.14. The lowest BCUT2D eigenvalue weighted by Gasteiger charge is -2.36. The maximum absolute atomic E-state index is 13.6. The highest BCUT2D eigenvalue weighted by Crippen LogP contribution is 2.47. The number of nitrogens with one attached hydrogen (secondary N) is 1. The fraction of sp³-hybridized carbons (Fsp3) is 0.417. The minimum absolute atomic E-state index is 0.00400. The Morgan fingerprint density at radius 2 is 1.67 bits per heavy atom. The fourth-order valence-corrected chi connectivity index (χ4v) is 7.14. The van der Waals surface area contributed by atoms with Gasteiger partial charge in [0.05, 0.1) is 5.56 Å². The highest BCUT2D eigenvalue weighted by atomic mass is 16.4. The van der Waals surface area contributed by atoms with Crippen molar-refractivity contribution in [2.45, 2.75) is 71.4 Å². The molecule has 2 atom stereocenters. The van der Waals surface area contributed by atoms with Gasteiger partial charge in [0.2, 0.25) is 11.8 Å². The molecule has 0 radical (unpaired) electrons. The van der Waals surface area contributed by atoms with Crippen LogP contribution in [0.1, 0.15) is 83.1 Å². The average Bonchev–Trinajstić information content (AvgIpc) is 3.81. The maximum Gasteiger partial charge on any atom is 0.335 e. The second kappa shape index (κ2) is 11.7. The van der Waals surface area contributed by atoms with E-state index in [0.29, 0.717) is 37.5 Å². The maximum atomic E-state index is 13.6. The first kappa shape index (κ1) is 28.2. The molecule has 2 aliphatic carbocycles. The van der Waals surface area contributed by atoms with Crippen LogP contribution in [0.2, 0.25) is 0 Å². The van der Waals surface area contributed by atoms with Crippen molar-refractivity contribution in [2.75, 3.05) is 6.54 Å². The molecule has 3 aliphatic rings. The van der Waals surface area contributed by atoms with Crippen LogP contribution in [-0.2, 0) is 29.1 Å². The molecule has 2 saturated carbocycles. The van der Waals surface area contributed by atoms with Gasteiger partial charge in [-0.25, -0.2) is 4.79 Å². The number of fused-ring (bicyclic) bond motifs is 1. The van der Waals surface area contributed by atoms with Crippen LogP contribution >= 0.6 is 0 Å². The van der Waals surface area contributed by atoms with Crippen LogP contribution in [0.25, 0.3) is 11.1 Å². The number of nitrogens with zero attached hydrogens (tertiary/aromatic N) is 1. The monoisotopic (exact) mass is 564 g/mol. The Morgan fingerprint density at radius 1 is 0.905 bits per heavy atom. The molecule has 0 bridgehead atoms. The number of carbonyl (C=O) groups excluding carboxylic acids is 2. The van der Waals surface area contributed by atoms with Crippen LogP contribution in [0.5, 0.6) is 0 Å². The Balaban J connectivity index is 1.27. The van der Waals surface area contributed by atoms with Gasteiger partial charge in [0, 0.05) is 31.5 Å². The molecule has 6 nitrogen and oxygen atoms in total. The van der Waals surface area contributed by atoms with E-state index in [9.17, 15) is 19.5 Å². The van der Waals surface area contributed by atoms with E-state index in [2.05, 4.69) is 36.5 Å². The topological polar surface area (TPSA) is 86.7 Å². The molecule has 6 rings (SSSR count). The molecule has 42 heavy (non-hydrogen) atoms. The van der Waals surface area contributed by atoms with E-state index in [4.69, 9.17) is 0 Å². The molecule has 0 spiro atoms. The van der Waals surface area contributed by atoms with Crippen LogP contribution in [0, 0.1) is 24.7 Å². The van der Waals surface area contributed by atoms with E-state index >= 15 is 0 Å². The molecule has 2 fully saturated rings. The Kier molecular flexibility index (Phi) is 7.89. The number of benzene rings is 3. The van der Waals surface area contributed by atoms with Crippen LogP contribution in [-0.4, -0.2) is 34.3 Å². The standard InChI is InChI=1S/C36H40N2O4/c1-22-11-13-25(14-12-22)35(40)38-18-17-30-29(27-9-6-10-28(23(27)2)36(41)42)16-15-26(33(30)21-38)20-37-34(39)32-19-31(32)24-7-4-3-5-8-24/h3-10,15-16,22,25,31-32H,11-14,17-21H2,1-2H3,(H,37,39)(H,41,42). The van der Waals surface area contributed by atoms with Crippen molar-refractivity contribution in [2.24, 2.45) is 17.8 Å². The predicted octanol–water partition coefficient (Wildman–Crippen LogP) is 6.49. The van der Waals surface area contributed by atoms with Crippen molar-refractivity contribution < 1.29 is 19.5 Å². The zero-order valence-corrected chi connectivity index (χ0v) is 24.6. The average molecular weight is 565 g/mol. The first-order valence-electron chi connectivity index (χ1n) is 15.4. The van der Waals surface area contributed by atoms with Crippen molar-refractivity contribution in [3.05, 3.63) is 94.0 Å². The SMILES string of the molecule is Cc1c(C(=O)O)cccc1-c1ccc(CNC(=O)C2CC2c2ccccc2)c2c1CCN(C(=O)C1CCC(C)CC1)C2. The Labute approximate surface area is 248 Å². The Bertz CT molecular complexity index is 1510.